The third kappa shape index (κ3) is 3.19. The molecule has 1 saturated heterocycles. The molecule has 2 N–H and O–H groups in total. The van der Waals surface area contributed by atoms with Crippen LogP contribution in [-0.4, -0.2) is 34.1 Å². The fraction of sp³-hybridized carbons (Fsp3) is 0.438. The summed E-state index contributed by atoms with van der Waals surface area (Å²) < 4.78 is 0. The van der Waals surface area contributed by atoms with E-state index in [-0.39, 0.29) is 0 Å². The fourth-order valence-electron chi connectivity index (χ4n) is 2.58. The number of rotatable bonds is 3. The van der Waals surface area contributed by atoms with E-state index in [4.69, 9.17) is 10.7 Å². The van der Waals surface area contributed by atoms with Crippen LogP contribution in [0.1, 0.15) is 25.5 Å². The summed E-state index contributed by atoms with van der Waals surface area (Å²) in [5.74, 6) is 1.76. The second-order valence-electron chi connectivity index (χ2n) is 5.46. The van der Waals surface area contributed by atoms with E-state index in [1.54, 1.807) is 6.20 Å². The molecule has 0 bridgehead atoms. The van der Waals surface area contributed by atoms with Crippen molar-refractivity contribution in [1.29, 1.82) is 0 Å². The average Bonchev–Trinajstić information content (AvgIpc) is 2.56. The van der Waals surface area contributed by atoms with Gasteiger partial charge in [-0.2, -0.15) is 0 Å². The first-order chi connectivity index (χ1) is 10.3. The number of pyridine rings is 1. The van der Waals surface area contributed by atoms with Crippen molar-refractivity contribution in [1.82, 2.24) is 15.0 Å². The van der Waals surface area contributed by atoms with Gasteiger partial charge < -0.3 is 10.6 Å². The monoisotopic (exact) mass is 283 g/mol. The topological polar surface area (TPSA) is 67.9 Å². The maximum atomic E-state index is 5.98. The second kappa shape index (κ2) is 6.18. The fourth-order valence-corrected chi connectivity index (χ4v) is 2.58. The first-order valence-corrected chi connectivity index (χ1v) is 7.55. The van der Waals surface area contributed by atoms with Crippen LogP contribution in [0.25, 0.3) is 11.4 Å². The van der Waals surface area contributed by atoms with Crippen LogP contribution in [0, 0.1) is 0 Å². The molecule has 2 aromatic rings. The summed E-state index contributed by atoms with van der Waals surface area (Å²) in [6.45, 7) is 4.05. The van der Waals surface area contributed by atoms with Gasteiger partial charge in [0.25, 0.3) is 0 Å². The van der Waals surface area contributed by atoms with E-state index in [0.29, 0.717) is 6.04 Å². The molecule has 0 amide bonds. The summed E-state index contributed by atoms with van der Waals surface area (Å²) in [5.41, 5.74) is 8.01. The Bertz CT molecular complexity index is 591. The van der Waals surface area contributed by atoms with Gasteiger partial charge in [0.15, 0.2) is 5.82 Å². The van der Waals surface area contributed by atoms with E-state index in [1.807, 2.05) is 18.3 Å². The third-order valence-corrected chi connectivity index (χ3v) is 3.91. The summed E-state index contributed by atoms with van der Waals surface area (Å²) in [5, 5.41) is 0. The van der Waals surface area contributed by atoms with Gasteiger partial charge in [0.2, 0.25) is 0 Å². The minimum Gasteiger partial charge on any atom is -0.356 e. The Kier molecular flexibility index (Phi) is 4.10. The van der Waals surface area contributed by atoms with Crippen molar-refractivity contribution < 1.29 is 0 Å². The second-order valence-corrected chi connectivity index (χ2v) is 5.46. The number of hydrogen-bond donors (Lipinski definition) is 1. The van der Waals surface area contributed by atoms with Gasteiger partial charge in [-0.05, 0) is 31.4 Å². The summed E-state index contributed by atoms with van der Waals surface area (Å²) in [4.78, 5) is 15.8. The lowest BCUT2D eigenvalue weighted by atomic mass is 10.1. The highest BCUT2D eigenvalue weighted by Gasteiger charge is 2.18. The number of anilines is 1. The molecule has 1 aliphatic heterocycles. The molecule has 1 fully saturated rings. The van der Waals surface area contributed by atoms with Crippen LogP contribution >= 0.6 is 0 Å². The predicted octanol–water partition coefficient (Wildman–Crippen LogP) is 2.03. The Morgan fingerprint density at radius 1 is 1.29 bits per heavy atom. The molecule has 1 aliphatic rings. The number of aromatic nitrogens is 3. The third-order valence-electron chi connectivity index (χ3n) is 3.91. The zero-order chi connectivity index (χ0) is 14.7. The lowest BCUT2D eigenvalue weighted by Gasteiger charge is -2.31. The molecule has 0 atom stereocenters. The quantitative estimate of drug-likeness (QED) is 0.933. The Hall–Kier alpha value is -2.01. The molecule has 5 nitrogen and oxygen atoms in total. The maximum absolute atomic E-state index is 5.98. The minimum atomic E-state index is 0.325. The lowest BCUT2D eigenvalue weighted by molar-refractivity contribution is 0.498. The number of nitrogens with zero attached hydrogens (tertiary/aromatic N) is 4. The maximum Gasteiger partial charge on any atom is 0.163 e. The Balaban J connectivity index is 1.94. The van der Waals surface area contributed by atoms with Crippen LogP contribution in [0.4, 0.5) is 5.82 Å². The predicted molar refractivity (Wildman–Crippen MR) is 84.1 cm³/mol. The Labute approximate surface area is 125 Å². The van der Waals surface area contributed by atoms with Crippen molar-refractivity contribution in [3.8, 4) is 11.4 Å². The zero-order valence-electron chi connectivity index (χ0n) is 12.4. The highest BCUT2D eigenvalue weighted by atomic mass is 15.2. The molecule has 0 aromatic carbocycles. The van der Waals surface area contributed by atoms with Crippen molar-refractivity contribution in [2.24, 2.45) is 5.73 Å². The SMILES string of the molecule is CCc1cc(N2CCC(N)CC2)nc(-c2cccnc2)n1. The molecular formula is C16H21N5. The standard InChI is InChI=1S/C16H21N5/c1-2-14-10-15(21-8-5-13(17)6-9-21)20-16(19-14)12-4-3-7-18-11-12/h3-4,7,10-11,13H,2,5-6,8-9,17H2,1H3. The van der Waals surface area contributed by atoms with Crippen molar-refractivity contribution in [3.63, 3.8) is 0 Å². The van der Waals surface area contributed by atoms with Crippen LogP contribution in [0.3, 0.4) is 0 Å². The summed E-state index contributed by atoms with van der Waals surface area (Å²) >= 11 is 0. The molecule has 110 valence electrons. The van der Waals surface area contributed by atoms with Gasteiger partial charge >= 0.3 is 0 Å². The number of piperidine rings is 1. The molecular weight excluding hydrogens is 262 g/mol. The van der Waals surface area contributed by atoms with Gasteiger partial charge in [-0.25, -0.2) is 9.97 Å². The molecule has 0 aliphatic carbocycles. The first-order valence-electron chi connectivity index (χ1n) is 7.55. The van der Waals surface area contributed by atoms with Crippen LogP contribution < -0.4 is 10.6 Å². The van der Waals surface area contributed by atoms with Crippen molar-refractivity contribution in [2.75, 3.05) is 18.0 Å². The van der Waals surface area contributed by atoms with E-state index >= 15 is 0 Å². The molecule has 0 unspecified atom stereocenters. The van der Waals surface area contributed by atoms with Gasteiger partial charge in [-0.3, -0.25) is 4.98 Å². The molecule has 3 rings (SSSR count). The first kappa shape index (κ1) is 13.9. The van der Waals surface area contributed by atoms with E-state index < -0.39 is 0 Å². The number of nitrogens with two attached hydrogens (primary N) is 1. The smallest absolute Gasteiger partial charge is 0.163 e. The zero-order valence-corrected chi connectivity index (χ0v) is 12.4. The molecule has 3 heterocycles. The number of hydrogen-bond acceptors (Lipinski definition) is 5. The highest BCUT2D eigenvalue weighted by molar-refractivity contribution is 5.57. The number of aryl methyl sites for hydroxylation is 1. The van der Waals surface area contributed by atoms with Gasteiger partial charge in [0, 0.05) is 48.8 Å². The molecule has 0 radical (unpaired) electrons. The summed E-state index contributed by atoms with van der Waals surface area (Å²) in [6, 6.07) is 6.33. The molecule has 0 spiro atoms. The average molecular weight is 283 g/mol. The van der Waals surface area contributed by atoms with Gasteiger partial charge in [-0.1, -0.05) is 6.92 Å². The summed E-state index contributed by atoms with van der Waals surface area (Å²) in [6.07, 6.45) is 6.52. The van der Waals surface area contributed by atoms with Crippen LogP contribution in [0.5, 0.6) is 0 Å². The normalized spacial score (nSPS) is 16.2. The molecule has 0 saturated carbocycles. The van der Waals surface area contributed by atoms with Gasteiger partial charge in [0.05, 0.1) is 0 Å². The van der Waals surface area contributed by atoms with Gasteiger partial charge in [0.1, 0.15) is 5.82 Å². The highest BCUT2D eigenvalue weighted by Crippen LogP contribution is 2.22. The van der Waals surface area contributed by atoms with E-state index in [0.717, 1.165) is 55.3 Å². The van der Waals surface area contributed by atoms with E-state index in [1.165, 1.54) is 0 Å². The molecule has 5 heteroatoms. The van der Waals surface area contributed by atoms with E-state index in [2.05, 4.69) is 27.9 Å². The van der Waals surface area contributed by atoms with Crippen LogP contribution in [0.15, 0.2) is 30.6 Å². The molecule has 2 aromatic heterocycles. The van der Waals surface area contributed by atoms with Crippen molar-refractivity contribution in [2.45, 2.75) is 32.2 Å². The minimum absolute atomic E-state index is 0.325. The Morgan fingerprint density at radius 3 is 2.76 bits per heavy atom. The van der Waals surface area contributed by atoms with Crippen LogP contribution in [0.2, 0.25) is 0 Å². The van der Waals surface area contributed by atoms with E-state index in [9.17, 15) is 0 Å². The Morgan fingerprint density at radius 2 is 2.10 bits per heavy atom. The van der Waals surface area contributed by atoms with Gasteiger partial charge in [-0.15, -0.1) is 0 Å². The summed E-state index contributed by atoms with van der Waals surface area (Å²) in [7, 11) is 0. The van der Waals surface area contributed by atoms with Crippen molar-refractivity contribution >= 4 is 5.82 Å². The largest absolute Gasteiger partial charge is 0.356 e. The lowest BCUT2D eigenvalue weighted by Crippen LogP contribution is -2.40. The van der Waals surface area contributed by atoms with Crippen molar-refractivity contribution in [3.05, 3.63) is 36.3 Å². The molecule has 21 heavy (non-hydrogen) atoms. The van der Waals surface area contributed by atoms with Crippen LogP contribution in [-0.2, 0) is 6.42 Å².